The van der Waals surface area contributed by atoms with Gasteiger partial charge in [0.1, 0.15) is 23.7 Å². The molecule has 0 radical (unpaired) electrons. The van der Waals surface area contributed by atoms with Crippen molar-refractivity contribution in [3.8, 4) is 5.75 Å². The molecular formula is C19H28N6O. The fourth-order valence-corrected chi connectivity index (χ4v) is 3.15. The lowest BCUT2D eigenvalue weighted by Gasteiger charge is -2.38. The van der Waals surface area contributed by atoms with E-state index in [1.165, 1.54) is 0 Å². The van der Waals surface area contributed by atoms with Crippen LogP contribution in [0.2, 0.25) is 0 Å². The minimum absolute atomic E-state index is 0.133. The number of aromatic nitrogens is 3. The van der Waals surface area contributed by atoms with Crippen molar-refractivity contribution >= 4 is 5.96 Å². The maximum atomic E-state index is 6.12. The molecule has 1 unspecified atom stereocenters. The van der Waals surface area contributed by atoms with E-state index in [4.69, 9.17) is 9.73 Å². The van der Waals surface area contributed by atoms with E-state index in [0.717, 1.165) is 41.9 Å². The first-order chi connectivity index (χ1) is 12.4. The number of nitrogens with one attached hydrogen (secondary N) is 2. The Balaban J connectivity index is 1.81. The lowest BCUT2D eigenvalue weighted by molar-refractivity contribution is 0.0694. The highest BCUT2D eigenvalue weighted by atomic mass is 16.5. The minimum Gasteiger partial charge on any atom is -0.487 e. The third-order valence-electron chi connectivity index (χ3n) is 4.59. The molecule has 0 spiro atoms. The molecular weight excluding hydrogens is 328 g/mol. The van der Waals surface area contributed by atoms with Gasteiger partial charge in [-0.15, -0.1) is 10.2 Å². The van der Waals surface area contributed by atoms with Gasteiger partial charge in [0.25, 0.3) is 0 Å². The number of para-hydroxylation sites is 1. The van der Waals surface area contributed by atoms with Gasteiger partial charge in [0.2, 0.25) is 0 Å². The lowest BCUT2D eigenvalue weighted by atomic mass is 9.90. The van der Waals surface area contributed by atoms with Crippen LogP contribution >= 0.6 is 0 Å². The number of nitrogens with zero attached hydrogens (tertiary/aromatic N) is 4. The molecule has 3 rings (SSSR count). The summed E-state index contributed by atoms with van der Waals surface area (Å²) < 4.78 is 8.08. The van der Waals surface area contributed by atoms with Crippen LogP contribution in [0.15, 0.2) is 29.3 Å². The van der Waals surface area contributed by atoms with E-state index in [1.807, 2.05) is 36.7 Å². The molecule has 0 fully saturated rings. The predicted octanol–water partition coefficient (Wildman–Crippen LogP) is 2.48. The number of aliphatic imine (C=N–C) groups is 1. The number of ether oxygens (including phenoxy) is 1. The van der Waals surface area contributed by atoms with E-state index in [2.05, 4.69) is 47.7 Å². The normalized spacial score (nSPS) is 18.8. The molecule has 26 heavy (non-hydrogen) atoms. The Kier molecular flexibility index (Phi) is 5.15. The highest BCUT2D eigenvalue weighted by molar-refractivity contribution is 5.80. The first kappa shape index (κ1) is 18.2. The van der Waals surface area contributed by atoms with E-state index in [0.29, 0.717) is 6.54 Å². The molecule has 7 heteroatoms. The molecule has 2 aromatic rings. The maximum absolute atomic E-state index is 6.12. The van der Waals surface area contributed by atoms with Crippen LogP contribution in [0.25, 0.3) is 0 Å². The fourth-order valence-electron chi connectivity index (χ4n) is 3.15. The number of aryl methyl sites for hydroxylation is 1. The Morgan fingerprint density at radius 3 is 2.81 bits per heavy atom. The summed E-state index contributed by atoms with van der Waals surface area (Å²) in [5.41, 5.74) is 0.927. The topological polar surface area (TPSA) is 76.4 Å². The van der Waals surface area contributed by atoms with Crippen LogP contribution in [-0.4, -0.2) is 32.9 Å². The van der Waals surface area contributed by atoms with Crippen LogP contribution in [0.5, 0.6) is 5.75 Å². The zero-order valence-corrected chi connectivity index (χ0v) is 16.2. The number of hydrogen-bond acceptors (Lipinski definition) is 4. The van der Waals surface area contributed by atoms with Crippen LogP contribution in [0.4, 0.5) is 0 Å². The Morgan fingerprint density at radius 2 is 2.12 bits per heavy atom. The van der Waals surface area contributed by atoms with Crippen LogP contribution in [0, 0.1) is 6.92 Å². The Morgan fingerprint density at radius 1 is 1.35 bits per heavy atom. The summed E-state index contributed by atoms with van der Waals surface area (Å²) in [5.74, 6) is 3.42. The zero-order valence-electron chi connectivity index (χ0n) is 16.2. The molecule has 1 aromatic carbocycles. The molecule has 1 aromatic heterocycles. The van der Waals surface area contributed by atoms with Crippen LogP contribution in [-0.2, 0) is 13.6 Å². The Labute approximate surface area is 154 Å². The summed E-state index contributed by atoms with van der Waals surface area (Å²) in [6.07, 6.45) is 0.859. The second kappa shape index (κ2) is 7.35. The fraction of sp³-hybridized carbons (Fsp3) is 0.526. The summed E-state index contributed by atoms with van der Waals surface area (Å²) >= 11 is 0. The molecule has 7 nitrogen and oxygen atoms in total. The van der Waals surface area contributed by atoms with Gasteiger partial charge in [-0.2, -0.15) is 0 Å². The van der Waals surface area contributed by atoms with Gasteiger partial charge in [0.05, 0.1) is 6.04 Å². The van der Waals surface area contributed by atoms with E-state index in [-0.39, 0.29) is 11.6 Å². The summed E-state index contributed by atoms with van der Waals surface area (Å²) in [6, 6.07) is 8.32. The maximum Gasteiger partial charge on any atom is 0.192 e. The van der Waals surface area contributed by atoms with E-state index in [9.17, 15) is 0 Å². The molecule has 1 atom stereocenters. The van der Waals surface area contributed by atoms with Crippen molar-refractivity contribution in [3.63, 3.8) is 0 Å². The molecule has 1 aliphatic rings. The van der Waals surface area contributed by atoms with Crippen molar-refractivity contribution in [1.82, 2.24) is 25.4 Å². The van der Waals surface area contributed by atoms with Gasteiger partial charge in [0, 0.05) is 25.6 Å². The summed E-state index contributed by atoms with van der Waals surface area (Å²) in [4.78, 5) is 4.70. The quantitative estimate of drug-likeness (QED) is 0.650. The molecule has 1 aliphatic heterocycles. The zero-order chi connectivity index (χ0) is 18.7. The second-order valence-electron chi connectivity index (χ2n) is 7.22. The number of benzene rings is 1. The summed E-state index contributed by atoms with van der Waals surface area (Å²) in [6.45, 7) is 9.49. The lowest BCUT2D eigenvalue weighted by Crippen LogP contribution is -2.45. The molecule has 2 heterocycles. The van der Waals surface area contributed by atoms with Crippen molar-refractivity contribution in [3.05, 3.63) is 41.5 Å². The van der Waals surface area contributed by atoms with E-state index in [1.54, 1.807) is 0 Å². The third-order valence-corrected chi connectivity index (χ3v) is 4.59. The molecule has 0 bridgehead atoms. The third kappa shape index (κ3) is 3.98. The predicted molar refractivity (Wildman–Crippen MR) is 102 cm³/mol. The highest BCUT2D eigenvalue weighted by Crippen LogP contribution is 2.39. The molecule has 0 saturated heterocycles. The molecule has 2 N–H and O–H groups in total. The number of guanidine groups is 1. The van der Waals surface area contributed by atoms with Gasteiger partial charge in [-0.1, -0.05) is 18.2 Å². The molecule has 0 aliphatic carbocycles. The second-order valence-corrected chi connectivity index (χ2v) is 7.22. The van der Waals surface area contributed by atoms with E-state index < -0.39 is 0 Å². The summed E-state index contributed by atoms with van der Waals surface area (Å²) in [5, 5.41) is 15.2. The van der Waals surface area contributed by atoms with Gasteiger partial charge < -0.3 is 19.9 Å². The highest BCUT2D eigenvalue weighted by Gasteiger charge is 2.33. The molecule has 0 saturated carbocycles. The van der Waals surface area contributed by atoms with Gasteiger partial charge in [-0.05, 0) is 33.8 Å². The Hall–Kier alpha value is -2.57. The first-order valence-corrected chi connectivity index (χ1v) is 9.07. The monoisotopic (exact) mass is 356 g/mol. The average Bonchev–Trinajstić information content (AvgIpc) is 2.91. The van der Waals surface area contributed by atoms with Crippen LogP contribution in [0.1, 0.15) is 50.4 Å². The minimum atomic E-state index is -0.232. The van der Waals surface area contributed by atoms with Gasteiger partial charge in [-0.3, -0.25) is 0 Å². The largest absolute Gasteiger partial charge is 0.487 e. The standard InChI is InChI=1S/C19H28N6O/c1-6-20-18(21-12-17-24-23-13(2)25(17)5)22-15-11-19(3,4)26-16-10-8-7-9-14(15)16/h7-10,15H,6,11-12H2,1-5H3,(H2,20,21,22). The SMILES string of the molecule is CCNC(=NCc1nnc(C)n1C)NC1CC(C)(C)Oc2ccccc21. The number of fused-ring (bicyclic) bond motifs is 1. The van der Waals surface area contributed by atoms with Gasteiger partial charge >= 0.3 is 0 Å². The van der Waals surface area contributed by atoms with E-state index >= 15 is 0 Å². The average molecular weight is 356 g/mol. The van der Waals surface area contributed by atoms with Crippen molar-refractivity contribution in [2.24, 2.45) is 12.0 Å². The number of rotatable bonds is 4. The van der Waals surface area contributed by atoms with Crippen molar-refractivity contribution in [1.29, 1.82) is 0 Å². The van der Waals surface area contributed by atoms with Crippen molar-refractivity contribution in [2.75, 3.05) is 6.54 Å². The smallest absolute Gasteiger partial charge is 0.192 e. The van der Waals surface area contributed by atoms with Crippen molar-refractivity contribution in [2.45, 2.75) is 52.3 Å². The Bertz CT molecular complexity index is 795. The van der Waals surface area contributed by atoms with Crippen molar-refractivity contribution < 1.29 is 4.74 Å². The molecule has 140 valence electrons. The van der Waals surface area contributed by atoms with Gasteiger partial charge in [0.15, 0.2) is 11.8 Å². The first-order valence-electron chi connectivity index (χ1n) is 9.07. The van der Waals surface area contributed by atoms with Crippen LogP contribution < -0.4 is 15.4 Å². The summed E-state index contributed by atoms with van der Waals surface area (Å²) in [7, 11) is 1.96. The molecule has 0 amide bonds. The van der Waals surface area contributed by atoms with Crippen LogP contribution in [0.3, 0.4) is 0 Å². The number of hydrogen-bond donors (Lipinski definition) is 2. The van der Waals surface area contributed by atoms with Gasteiger partial charge in [-0.25, -0.2) is 4.99 Å².